The lowest BCUT2D eigenvalue weighted by Crippen LogP contribution is -2.41. The summed E-state index contributed by atoms with van der Waals surface area (Å²) in [6.07, 6.45) is 1.00. The van der Waals surface area contributed by atoms with Crippen LogP contribution in [0.3, 0.4) is 0 Å². The van der Waals surface area contributed by atoms with E-state index in [2.05, 4.69) is 75.0 Å². The van der Waals surface area contributed by atoms with Crippen molar-refractivity contribution in [2.24, 2.45) is 0 Å². The summed E-state index contributed by atoms with van der Waals surface area (Å²) in [4.78, 5) is 2.47. The average Bonchev–Trinajstić information content (AvgIpc) is 3.09. The minimum Gasteiger partial charge on any atom is -0.367 e. The van der Waals surface area contributed by atoms with Gasteiger partial charge in [-0.25, -0.2) is 0 Å². The quantitative estimate of drug-likeness (QED) is 0.682. The number of tetrazole rings is 1. The molecule has 0 bridgehead atoms. The maximum atomic E-state index is 4.38. The van der Waals surface area contributed by atoms with Crippen LogP contribution >= 0.6 is 0 Å². The molecule has 1 atom stereocenters. The van der Waals surface area contributed by atoms with Crippen molar-refractivity contribution in [1.82, 2.24) is 30.2 Å². The number of nitrogens with one attached hydrogen (secondary N) is 1. The fourth-order valence-corrected chi connectivity index (χ4v) is 2.92. The van der Waals surface area contributed by atoms with Gasteiger partial charge in [-0.3, -0.25) is 4.90 Å². The minimum atomic E-state index is 0.397. The van der Waals surface area contributed by atoms with Gasteiger partial charge in [0.2, 0.25) is 0 Å². The van der Waals surface area contributed by atoms with Gasteiger partial charge in [0, 0.05) is 12.6 Å². The van der Waals surface area contributed by atoms with E-state index in [9.17, 15) is 0 Å². The molecule has 0 fully saturated rings. The van der Waals surface area contributed by atoms with Gasteiger partial charge in [-0.2, -0.15) is 0 Å². The number of hydrogen-bond acceptors (Lipinski definition) is 6. The van der Waals surface area contributed by atoms with Crippen LogP contribution in [0.1, 0.15) is 19.4 Å². The van der Waals surface area contributed by atoms with E-state index in [0.29, 0.717) is 11.7 Å². The number of nitrogens with zero attached hydrogens (tertiary/aromatic N) is 6. The molecule has 0 aliphatic rings. The van der Waals surface area contributed by atoms with Gasteiger partial charge in [0.05, 0.1) is 0 Å². The summed E-state index contributed by atoms with van der Waals surface area (Å²) in [5.74, 6) is 0.778. The van der Waals surface area contributed by atoms with E-state index in [-0.39, 0.29) is 0 Å². The third-order valence-electron chi connectivity index (χ3n) is 4.23. The van der Waals surface area contributed by atoms with Gasteiger partial charge in [-0.1, -0.05) is 44.2 Å². The van der Waals surface area contributed by atoms with Gasteiger partial charge in [-0.15, -0.1) is 14.8 Å². The zero-order valence-corrected chi connectivity index (χ0v) is 14.1. The van der Waals surface area contributed by atoms with Gasteiger partial charge in [-0.05, 0) is 47.6 Å². The Kier molecular flexibility index (Phi) is 5.32. The maximum absolute atomic E-state index is 4.38. The van der Waals surface area contributed by atoms with E-state index < -0.39 is 0 Å². The van der Waals surface area contributed by atoms with E-state index >= 15 is 0 Å². The fourth-order valence-electron chi connectivity index (χ4n) is 2.92. The van der Waals surface area contributed by atoms with Crippen LogP contribution in [0.5, 0.6) is 0 Å². The molecular formula is C17H23N7. The summed E-state index contributed by atoms with van der Waals surface area (Å²) in [6, 6.07) is 14.8. The van der Waals surface area contributed by atoms with E-state index in [1.54, 1.807) is 0 Å². The summed E-state index contributed by atoms with van der Waals surface area (Å²) in [5.41, 5.74) is 1.99. The topological polar surface area (TPSA) is 71.2 Å². The number of aromatic nitrogens is 5. The van der Waals surface area contributed by atoms with Crippen LogP contribution < -0.4 is 5.32 Å². The van der Waals surface area contributed by atoms with Gasteiger partial charge in [0.1, 0.15) is 5.82 Å². The van der Waals surface area contributed by atoms with Gasteiger partial charge in [0.25, 0.3) is 0 Å². The second-order valence-electron chi connectivity index (χ2n) is 5.69. The Labute approximate surface area is 141 Å². The monoisotopic (exact) mass is 325 g/mol. The first-order valence-corrected chi connectivity index (χ1v) is 8.37. The molecule has 0 aliphatic heterocycles. The molecule has 1 N–H and O–H groups in total. The highest BCUT2D eigenvalue weighted by atomic mass is 15.6. The van der Waals surface area contributed by atoms with Gasteiger partial charge < -0.3 is 5.32 Å². The molecular weight excluding hydrogens is 302 g/mol. The Morgan fingerprint density at radius 2 is 1.88 bits per heavy atom. The minimum absolute atomic E-state index is 0.397. The van der Waals surface area contributed by atoms with Crippen molar-refractivity contribution in [2.75, 3.05) is 25.0 Å². The van der Waals surface area contributed by atoms with E-state index in [4.69, 9.17) is 0 Å². The maximum Gasteiger partial charge on any atom is 0.200 e. The highest BCUT2D eigenvalue weighted by Crippen LogP contribution is 2.11. The van der Waals surface area contributed by atoms with Crippen LogP contribution in [0.15, 0.2) is 42.5 Å². The predicted octanol–water partition coefficient (Wildman–Crippen LogP) is 1.88. The molecule has 2 heterocycles. The Hall–Kier alpha value is -2.54. The highest BCUT2D eigenvalue weighted by Gasteiger charge is 2.16. The Morgan fingerprint density at radius 1 is 1.08 bits per heavy atom. The molecule has 1 aromatic carbocycles. The molecule has 0 saturated carbocycles. The Balaban J connectivity index is 1.70. The molecule has 2 aromatic heterocycles. The van der Waals surface area contributed by atoms with E-state index in [1.165, 1.54) is 10.2 Å². The van der Waals surface area contributed by atoms with Crippen LogP contribution in [0.2, 0.25) is 0 Å². The number of likely N-dealkylation sites (N-methyl/N-ethyl adjacent to an activating group) is 1. The first kappa shape index (κ1) is 16.3. The van der Waals surface area contributed by atoms with Gasteiger partial charge in [0.15, 0.2) is 5.65 Å². The van der Waals surface area contributed by atoms with Crippen LogP contribution in [-0.4, -0.2) is 55.8 Å². The molecule has 0 saturated heterocycles. The van der Waals surface area contributed by atoms with Crippen molar-refractivity contribution in [1.29, 1.82) is 0 Å². The van der Waals surface area contributed by atoms with Gasteiger partial charge >= 0.3 is 0 Å². The van der Waals surface area contributed by atoms with Crippen molar-refractivity contribution in [3.8, 4) is 0 Å². The van der Waals surface area contributed by atoms with Crippen LogP contribution in [-0.2, 0) is 6.42 Å². The van der Waals surface area contributed by atoms with Crippen LogP contribution in [0.4, 0.5) is 5.82 Å². The average molecular weight is 325 g/mol. The Bertz CT molecular complexity index is 752. The lowest BCUT2D eigenvalue weighted by atomic mass is 10.0. The summed E-state index contributed by atoms with van der Waals surface area (Å²) in [6.45, 7) is 7.27. The van der Waals surface area contributed by atoms with Crippen molar-refractivity contribution in [3.63, 3.8) is 0 Å². The second kappa shape index (κ2) is 7.83. The molecule has 24 heavy (non-hydrogen) atoms. The molecule has 0 amide bonds. The standard InChI is InChI=1S/C17H23N7/c1-3-23(4-2)15(12-14-8-6-5-7-9-14)13-18-16-10-11-17-19-21-22-24(17)20-16/h5-11,15H,3-4,12-13H2,1-2H3,(H,18,20)/t15-/m1/s1. The van der Waals surface area contributed by atoms with Crippen molar-refractivity contribution in [2.45, 2.75) is 26.3 Å². The number of benzene rings is 1. The number of fused-ring (bicyclic) bond motifs is 1. The number of anilines is 1. The Morgan fingerprint density at radius 3 is 2.62 bits per heavy atom. The molecule has 7 nitrogen and oxygen atoms in total. The summed E-state index contributed by atoms with van der Waals surface area (Å²) in [7, 11) is 0. The lowest BCUT2D eigenvalue weighted by molar-refractivity contribution is 0.224. The van der Waals surface area contributed by atoms with Crippen molar-refractivity contribution < 1.29 is 0 Å². The predicted molar refractivity (Wildman–Crippen MR) is 93.9 cm³/mol. The molecule has 3 aromatic rings. The number of rotatable bonds is 8. The summed E-state index contributed by atoms with van der Waals surface area (Å²) < 4.78 is 1.44. The largest absolute Gasteiger partial charge is 0.367 e. The molecule has 126 valence electrons. The smallest absolute Gasteiger partial charge is 0.200 e. The molecule has 0 unspecified atom stereocenters. The SMILES string of the molecule is CCN(CC)[C@@H](CNc1ccc2nnnn2n1)Cc1ccccc1. The lowest BCUT2D eigenvalue weighted by Gasteiger charge is -2.30. The fraction of sp³-hybridized carbons (Fsp3) is 0.412. The summed E-state index contributed by atoms with van der Waals surface area (Å²) >= 11 is 0. The first-order valence-electron chi connectivity index (χ1n) is 8.37. The molecule has 3 rings (SSSR count). The summed E-state index contributed by atoms with van der Waals surface area (Å²) in [5, 5.41) is 19.1. The van der Waals surface area contributed by atoms with Crippen LogP contribution in [0, 0.1) is 0 Å². The first-order chi connectivity index (χ1) is 11.8. The van der Waals surface area contributed by atoms with Crippen molar-refractivity contribution >= 4 is 11.5 Å². The number of hydrogen-bond donors (Lipinski definition) is 1. The molecule has 0 radical (unpaired) electrons. The van der Waals surface area contributed by atoms with Crippen LogP contribution in [0.25, 0.3) is 5.65 Å². The zero-order valence-electron chi connectivity index (χ0n) is 14.1. The molecule has 0 spiro atoms. The van der Waals surface area contributed by atoms with Crippen molar-refractivity contribution in [3.05, 3.63) is 48.0 Å². The molecule has 7 heteroatoms. The third-order valence-corrected chi connectivity index (χ3v) is 4.23. The highest BCUT2D eigenvalue weighted by molar-refractivity contribution is 5.42. The molecule has 0 aliphatic carbocycles. The van der Waals surface area contributed by atoms with E-state index in [0.717, 1.165) is 31.9 Å². The van der Waals surface area contributed by atoms with E-state index in [1.807, 2.05) is 12.1 Å². The normalized spacial score (nSPS) is 12.6. The zero-order chi connectivity index (χ0) is 16.8. The third kappa shape index (κ3) is 3.86. The second-order valence-corrected chi connectivity index (χ2v) is 5.69.